The Morgan fingerprint density at radius 1 is 1.00 bits per heavy atom. The van der Waals surface area contributed by atoms with Crippen molar-refractivity contribution in [3.8, 4) is 0 Å². The zero-order valence-electron chi connectivity index (χ0n) is 12.2. The molecule has 0 N–H and O–H groups in total. The predicted molar refractivity (Wildman–Crippen MR) is 91.8 cm³/mol. The first-order valence-corrected chi connectivity index (χ1v) is 7.83. The Kier molecular flexibility index (Phi) is 4.41. The predicted octanol–water partition coefficient (Wildman–Crippen LogP) is 4.24. The third-order valence-electron chi connectivity index (χ3n) is 3.54. The van der Waals surface area contributed by atoms with E-state index in [-0.39, 0.29) is 0 Å². The van der Waals surface area contributed by atoms with E-state index in [1.165, 1.54) is 11.1 Å². The SMILES string of the molecule is Cn1nc(Cc2ccc(Cl)cc2)n(Cc2ccccc2)c1=S. The van der Waals surface area contributed by atoms with Crippen molar-refractivity contribution in [3.05, 3.63) is 81.3 Å². The van der Waals surface area contributed by atoms with E-state index in [2.05, 4.69) is 21.8 Å². The van der Waals surface area contributed by atoms with Crippen LogP contribution in [-0.2, 0) is 20.0 Å². The minimum absolute atomic E-state index is 0.729. The zero-order valence-corrected chi connectivity index (χ0v) is 13.8. The van der Waals surface area contributed by atoms with Crippen molar-refractivity contribution in [2.45, 2.75) is 13.0 Å². The maximum Gasteiger partial charge on any atom is 0.197 e. The van der Waals surface area contributed by atoms with Crippen LogP contribution in [0.5, 0.6) is 0 Å². The molecule has 0 aliphatic carbocycles. The first-order valence-electron chi connectivity index (χ1n) is 7.04. The van der Waals surface area contributed by atoms with Gasteiger partial charge in [0, 0.05) is 18.5 Å². The van der Waals surface area contributed by atoms with E-state index in [1.807, 2.05) is 49.5 Å². The molecule has 1 aromatic heterocycles. The number of benzene rings is 2. The number of nitrogens with zero attached hydrogens (tertiary/aromatic N) is 3. The van der Waals surface area contributed by atoms with E-state index >= 15 is 0 Å². The second kappa shape index (κ2) is 6.46. The van der Waals surface area contributed by atoms with E-state index in [1.54, 1.807) is 4.68 Å². The van der Waals surface area contributed by atoms with Crippen molar-refractivity contribution >= 4 is 23.8 Å². The number of aromatic nitrogens is 3. The molecule has 0 aliphatic heterocycles. The molecule has 0 aliphatic rings. The van der Waals surface area contributed by atoms with E-state index in [0.717, 1.165) is 28.6 Å². The van der Waals surface area contributed by atoms with Gasteiger partial charge in [-0.25, -0.2) is 4.68 Å². The van der Waals surface area contributed by atoms with Crippen molar-refractivity contribution in [3.63, 3.8) is 0 Å². The molecule has 3 nitrogen and oxygen atoms in total. The van der Waals surface area contributed by atoms with Crippen molar-refractivity contribution in [1.82, 2.24) is 14.3 Å². The Balaban J connectivity index is 1.93. The van der Waals surface area contributed by atoms with Crippen LogP contribution in [0.25, 0.3) is 0 Å². The lowest BCUT2D eigenvalue weighted by Crippen LogP contribution is -2.06. The maximum absolute atomic E-state index is 5.94. The molecular formula is C17H16ClN3S. The molecule has 3 rings (SSSR count). The van der Waals surface area contributed by atoms with Crippen LogP contribution in [0.15, 0.2) is 54.6 Å². The number of aryl methyl sites for hydroxylation is 1. The monoisotopic (exact) mass is 329 g/mol. The van der Waals surface area contributed by atoms with Gasteiger partial charge in [0.05, 0.1) is 6.54 Å². The molecule has 0 fully saturated rings. The average molecular weight is 330 g/mol. The molecule has 0 saturated heterocycles. The quantitative estimate of drug-likeness (QED) is 0.668. The molecule has 0 atom stereocenters. The third-order valence-corrected chi connectivity index (χ3v) is 4.28. The molecule has 0 saturated carbocycles. The number of hydrogen-bond donors (Lipinski definition) is 0. The molecule has 0 bridgehead atoms. The zero-order chi connectivity index (χ0) is 15.5. The van der Waals surface area contributed by atoms with Crippen LogP contribution in [0.4, 0.5) is 0 Å². The second-order valence-electron chi connectivity index (χ2n) is 5.20. The van der Waals surface area contributed by atoms with Crippen molar-refractivity contribution in [2.75, 3.05) is 0 Å². The van der Waals surface area contributed by atoms with Gasteiger partial charge in [-0.3, -0.25) is 4.57 Å². The molecule has 3 aromatic rings. The van der Waals surface area contributed by atoms with E-state index < -0.39 is 0 Å². The van der Waals surface area contributed by atoms with Gasteiger partial charge in [-0.1, -0.05) is 54.1 Å². The highest BCUT2D eigenvalue weighted by Gasteiger charge is 2.10. The first kappa shape index (κ1) is 15.0. The van der Waals surface area contributed by atoms with Crippen molar-refractivity contribution < 1.29 is 0 Å². The minimum Gasteiger partial charge on any atom is -0.299 e. The summed E-state index contributed by atoms with van der Waals surface area (Å²) in [5.41, 5.74) is 2.38. The molecular weight excluding hydrogens is 314 g/mol. The summed E-state index contributed by atoms with van der Waals surface area (Å²) in [6.45, 7) is 0.733. The van der Waals surface area contributed by atoms with Gasteiger partial charge in [0.25, 0.3) is 0 Å². The fourth-order valence-corrected chi connectivity index (χ4v) is 2.73. The third kappa shape index (κ3) is 3.29. The van der Waals surface area contributed by atoms with Crippen LogP contribution in [-0.4, -0.2) is 14.3 Å². The van der Waals surface area contributed by atoms with Gasteiger partial charge in [0.1, 0.15) is 5.82 Å². The summed E-state index contributed by atoms with van der Waals surface area (Å²) in [4.78, 5) is 0. The van der Waals surface area contributed by atoms with E-state index in [4.69, 9.17) is 23.8 Å². The van der Waals surface area contributed by atoms with Crippen LogP contribution >= 0.6 is 23.8 Å². The van der Waals surface area contributed by atoms with E-state index in [9.17, 15) is 0 Å². The Morgan fingerprint density at radius 2 is 1.68 bits per heavy atom. The fraction of sp³-hybridized carbons (Fsp3) is 0.176. The van der Waals surface area contributed by atoms with Gasteiger partial charge in [-0.2, -0.15) is 5.10 Å². The molecule has 112 valence electrons. The summed E-state index contributed by atoms with van der Waals surface area (Å²) >= 11 is 11.4. The first-order chi connectivity index (χ1) is 10.6. The standard InChI is InChI=1S/C17H16ClN3S/c1-20-17(22)21(12-14-5-3-2-4-6-14)16(19-20)11-13-7-9-15(18)10-8-13/h2-10H,11-12H2,1H3. The second-order valence-corrected chi connectivity index (χ2v) is 6.00. The lowest BCUT2D eigenvalue weighted by atomic mass is 10.1. The Labute approximate surface area is 139 Å². The highest BCUT2D eigenvalue weighted by Crippen LogP contribution is 2.14. The summed E-state index contributed by atoms with van der Waals surface area (Å²) in [6.07, 6.45) is 0.731. The van der Waals surface area contributed by atoms with Crippen molar-refractivity contribution in [1.29, 1.82) is 0 Å². The maximum atomic E-state index is 5.94. The summed E-state index contributed by atoms with van der Waals surface area (Å²) < 4.78 is 4.57. The largest absolute Gasteiger partial charge is 0.299 e. The van der Waals surface area contributed by atoms with Crippen LogP contribution in [0, 0.1) is 4.77 Å². The highest BCUT2D eigenvalue weighted by atomic mass is 35.5. The number of rotatable bonds is 4. The van der Waals surface area contributed by atoms with Gasteiger partial charge in [0.15, 0.2) is 4.77 Å². The van der Waals surface area contributed by atoms with E-state index in [0.29, 0.717) is 0 Å². The molecule has 5 heteroatoms. The average Bonchev–Trinajstić information content (AvgIpc) is 2.78. The summed E-state index contributed by atoms with van der Waals surface area (Å²) in [5.74, 6) is 0.957. The van der Waals surface area contributed by atoms with Gasteiger partial charge in [-0.05, 0) is 35.5 Å². The van der Waals surface area contributed by atoms with Crippen LogP contribution in [0.2, 0.25) is 5.02 Å². The summed E-state index contributed by atoms with van der Waals surface area (Å²) in [7, 11) is 1.88. The molecule has 0 unspecified atom stereocenters. The molecule has 1 heterocycles. The lowest BCUT2D eigenvalue weighted by molar-refractivity contribution is 0.718. The number of hydrogen-bond acceptors (Lipinski definition) is 2. The molecule has 0 radical (unpaired) electrons. The minimum atomic E-state index is 0.729. The Hall–Kier alpha value is -1.91. The molecule has 0 amide bonds. The van der Waals surface area contributed by atoms with Gasteiger partial charge >= 0.3 is 0 Å². The normalized spacial score (nSPS) is 10.8. The number of halogens is 1. The Morgan fingerprint density at radius 3 is 2.36 bits per heavy atom. The smallest absolute Gasteiger partial charge is 0.197 e. The lowest BCUT2D eigenvalue weighted by Gasteiger charge is -2.07. The van der Waals surface area contributed by atoms with Crippen LogP contribution in [0.1, 0.15) is 17.0 Å². The van der Waals surface area contributed by atoms with Crippen molar-refractivity contribution in [2.24, 2.45) is 7.05 Å². The van der Waals surface area contributed by atoms with Gasteiger partial charge in [0.2, 0.25) is 0 Å². The molecule has 2 aromatic carbocycles. The Bertz CT molecular complexity index is 819. The molecule has 22 heavy (non-hydrogen) atoms. The molecule has 0 spiro atoms. The highest BCUT2D eigenvalue weighted by molar-refractivity contribution is 7.71. The van der Waals surface area contributed by atoms with Gasteiger partial charge in [-0.15, -0.1) is 0 Å². The van der Waals surface area contributed by atoms with Gasteiger partial charge < -0.3 is 0 Å². The van der Waals surface area contributed by atoms with Crippen LogP contribution in [0.3, 0.4) is 0 Å². The van der Waals surface area contributed by atoms with Crippen LogP contribution < -0.4 is 0 Å². The summed E-state index contributed by atoms with van der Waals surface area (Å²) in [6, 6.07) is 18.1. The fourth-order valence-electron chi connectivity index (χ4n) is 2.40. The topological polar surface area (TPSA) is 22.8 Å². The summed E-state index contributed by atoms with van der Waals surface area (Å²) in [5, 5.41) is 5.31.